The lowest BCUT2D eigenvalue weighted by molar-refractivity contribution is 0.562. The van der Waals surface area contributed by atoms with Crippen molar-refractivity contribution in [2.24, 2.45) is 4.99 Å². The van der Waals surface area contributed by atoms with Crippen LogP contribution < -0.4 is 0 Å². The van der Waals surface area contributed by atoms with Crippen LogP contribution in [0.1, 0.15) is 6.92 Å². The van der Waals surface area contributed by atoms with Crippen molar-refractivity contribution in [1.29, 1.82) is 10.8 Å². The van der Waals surface area contributed by atoms with Crippen molar-refractivity contribution >= 4 is 18.2 Å². The molecule has 0 aliphatic rings. The molecule has 6 heteroatoms. The Morgan fingerprint density at radius 2 is 1.45 bits per heavy atom. The molecule has 0 saturated carbocycles. The van der Waals surface area contributed by atoms with Crippen molar-refractivity contribution in [3.8, 4) is 0 Å². The average Bonchev–Trinajstić information content (AvgIpc) is 1.92. The Kier molecular flexibility index (Phi) is 61.5. The third kappa shape index (κ3) is 15700. The molecule has 0 saturated heterocycles. The van der Waals surface area contributed by atoms with Gasteiger partial charge in [-0.3, -0.25) is 0 Å². The SMILES string of the molecule is CCN=C=O.N=C=O.N=C=O. The third-order valence-electron chi connectivity index (χ3n) is 0.223. The molecule has 0 rings (SSSR count). The van der Waals surface area contributed by atoms with Crippen LogP contribution in [0.4, 0.5) is 0 Å². The number of isocyanates is 3. The molecule has 0 unspecified atom stereocenters. The monoisotopic (exact) mass is 157 g/mol. The van der Waals surface area contributed by atoms with Gasteiger partial charge < -0.3 is 0 Å². The van der Waals surface area contributed by atoms with Gasteiger partial charge in [-0.15, -0.1) is 0 Å². The van der Waals surface area contributed by atoms with E-state index in [4.69, 9.17) is 25.2 Å². The molecule has 0 aromatic rings. The van der Waals surface area contributed by atoms with E-state index in [1.165, 1.54) is 6.08 Å². The summed E-state index contributed by atoms with van der Waals surface area (Å²) in [7, 11) is 0. The minimum Gasteiger partial charge on any atom is -0.222 e. The Morgan fingerprint density at radius 1 is 1.18 bits per heavy atom. The normalized spacial score (nSPS) is 4.09. The maximum atomic E-state index is 9.11. The largest absolute Gasteiger partial charge is 0.234 e. The minimum absolute atomic E-state index is 0.545. The molecule has 0 aliphatic carbocycles. The first kappa shape index (κ1) is 16.1. The zero-order valence-electron chi connectivity index (χ0n) is 5.88. The van der Waals surface area contributed by atoms with Gasteiger partial charge in [0.05, 0.1) is 0 Å². The molecule has 60 valence electrons. The van der Waals surface area contributed by atoms with E-state index < -0.39 is 0 Å². The van der Waals surface area contributed by atoms with E-state index in [2.05, 4.69) is 4.99 Å². The van der Waals surface area contributed by atoms with Crippen LogP contribution in [0.15, 0.2) is 4.99 Å². The highest BCUT2D eigenvalue weighted by Crippen LogP contribution is 1.52. The molecule has 11 heavy (non-hydrogen) atoms. The van der Waals surface area contributed by atoms with Gasteiger partial charge in [-0.25, -0.2) is 30.2 Å². The summed E-state index contributed by atoms with van der Waals surface area (Å²) >= 11 is 0. The molecule has 0 amide bonds. The summed E-state index contributed by atoms with van der Waals surface area (Å²) in [6.45, 7) is 2.33. The fraction of sp³-hybridized carbons (Fsp3) is 0.400. The Hall–Kier alpha value is -1.86. The lowest BCUT2D eigenvalue weighted by atomic mass is 10.8. The van der Waals surface area contributed by atoms with Gasteiger partial charge in [-0.1, -0.05) is 0 Å². The Bertz CT molecular complexity index is 159. The lowest BCUT2D eigenvalue weighted by Gasteiger charge is -1.58. The first-order valence-corrected chi connectivity index (χ1v) is 2.36. The molecule has 0 bridgehead atoms. The van der Waals surface area contributed by atoms with E-state index in [1.807, 2.05) is 0 Å². The molecule has 0 spiro atoms. The second-order valence-electron chi connectivity index (χ2n) is 0.770. The third-order valence-corrected chi connectivity index (χ3v) is 0.223. The number of rotatable bonds is 1. The quantitative estimate of drug-likeness (QED) is 0.417. The van der Waals surface area contributed by atoms with Gasteiger partial charge in [0.1, 0.15) is 0 Å². The minimum atomic E-state index is 0.545. The van der Waals surface area contributed by atoms with E-state index in [1.54, 1.807) is 6.92 Å². The van der Waals surface area contributed by atoms with Gasteiger partial charge in [0.25, 0.3) is 0 Å². The molecule has 6 nitrogen and oxygen atoms in total. The smallest absolute Gasteiger partial charge is 0.222 e. The molecule has 0 aromatic carbocycles. The molecular formula is C5H7N3O3. The molecule has 0 atom stereocenters. The summed E-state index contributed by atoms with van der Waals surface area (Å²) in [5.74, 6) is 0. The summed E-state index contributed by atoms with van der Waals surface area (Å²) < 4.78 is 0. The number of nitrogens with one attached hydrogen (secondary N) is 2. The molecular weight excluding hydrogens is 150 g/mol. The van der Waals surface area contributed by atoms with Crippen molar-refractivity contribution in [2.75, 3.05) is 6.54 Å². The summed E-state index contributed by atoms with van der Waals surface area (Å²) in [6.07, 6.45) is 2.89. The fourth-order valence-electron chi connectivity index (χ4n) is 0.0645. The average molecular weight is 157 g/mol. The number of hydrogen-bond acceptors (Lipinski definition) is 6. The van der Waals surface area contributed by atoms with Crippen LogP contribution >= 0.6 is 0 Å². The van der Waals surface area contributed by atoms with E-state index in [-0.39, 0.29) is 0 Å². The standard InChI is InChI=1S/C3H5NO.2CHNO/c1-2-4-3-5;2*2-1-3/h2H2,1H3;2*2H. The maximum absolute atomic E-state index is 9.11. The molecule has 0 aromatic heterocycles. The number of nitrogens with zero attached hydrogens (tertiary/aromatic N) is 1. The van der Waals surface area contributed by atoms with Crippen molar-refractivity contribution in [1.82, 2.24) is 0 Å². The molecule has 0 fully saturated rings. The number of hydrogen-bond donors (Lipinski definition) is 2. The highest BCUT2D eigenvalue weighted by molar-refractivity contribution is 5.32. The van der Waals surface area contributed by atoms with Gasteiger partial charge in [-0.2, -0.15) is 0 Å². The van der Waals surface area contributed by atoms with E-state index in [9.17, 15) is 0 Å². The summed E-state index contributed by atoms with van der Waals surface area (Å²) in [5.41, 5.74) is 0. The van der Waals surface area contributed by atoms with Gasteiger partial charge in [0.2, 0.25) is 18.2 Å². The Morgan fingerprint density at radius 3 is 1.45 bits per heavy atom. The summed E-state index contributed by atoms with van der Waals surface area (Å²) in [5, 5.41) is 10.8. The number of aliphatic imine (C=N–C) groups is 1. The first-order valence-electron chi connectivity index (χ1n) is 2.36. The topological polar surface area (TPSA) is 111 Å². The Labute approximate surface area is 63.0 Å². The van der Waals surface area contributed by atoms with Crippen molar-refractivity contribution in [3.05, 3.63) is 0 Å². The van der Waals surface area contributed by atoms with E-state index in [0.717, 1.165) is 12.2 Å². The van der Waals surface area contributed by atoms with E-state index in [0.29, 0.717) is 6.54 Å². The second kappa shape index (κ2) is 42.1. The first-order chi connectivity index (χ1) is 5.24. The van der Waals surface area contributed by atoms with E-state index >= 15 is 0 Å². The van der Waals surface area contributed by atoms with Gasteiger partial charge in [0, 0.05) is 6.54 Å². The highest BCUT2D eigenvalue weighted by atomic mass is 16.1. The van der Waals surface area contributed by atoms with Gasteiger partial charge >= 0.3 is 0 Å². The van der Waals surface area contributed by atoms with Gasteiger partial charge in [0.15, 0.2) is 0 Å². The highest BCUT2D eigenvalue weighted by Gasteiger charge is 1.52. The molecule has 0 heterocycles. The predicted octanol–water partition coefficient (Wildman–Crippen LogP) is 0.144. The molecule has 0 aliphatic heterocycles. The Balaban J connectivity index is -0.0000000933. The second-order valence-corrected chi connectivity index (χ2v) is 0.770. The lowest BCUT2D eigenvalue weighted by Crippen LogP contribution is -1.58. The maximum Gasteiger partial charge on any atom is 0.234 e. The van der Waals surface area contributed by atoms with Crippen LogP contribution in [0.25, 0.3) is 0 Å². The molecule has 0 radical (unpaired) electrons. The van der Waals surface area contributed by atoms with Crippen LogP contribution in [0.2, 0.25) is 0 Å². The van der Waals surface area contributed by atoms with Crippen molar-refractivity contribution < 1.29 is 14.4 Å². The summed E-state index contributed by atoms with van der Waals surface area (Å²) in [4.78, 5) is 29.0. The molecule has 2 N–H and O–H groups in total. The summed E-state index contributed by atoms with van der Waals surface area (Å²) in [6, 6.07) is 0. The zero-order chi connectivity index (χ0) is 9.54. The van der Waals surface area contributed by atoms with Crippen molar-refractivity contribution in [2.45, 2.75) is 6.92 Å². The van der Waals surface area contributed by atoms with Gasteiger partial charge in [-0.05, 0) is 6.92 Å². The van der Waals surface area contributed by atoms with Crippen molar-refractivity contribution in [3.63, 3.8) is 0 Å². The predicted molar refractivity (Wildman–Crippen MR) is 35.5 cm³/mol. The van der Waals surface area contributed by atoms with Crippen LogP contribution in [0, 0.1) is 10.8 Å². The van der Waals surface area contributed by atoms with Crippen LogP contribution in [-0.4, -0.2) is 24.8 Å². The van der Waals surface area contributed by atoms with Crippen LogP contribution in [-0.2, 0) is 14.4 Å². The zero-order valence-corrected chi connectivity index (χ0v) is 5.88. The fourth-order valence-corrected chi connectivity index (χ4v) is 0.0645. The van der Waals surface area contributed by atoms with Crippen LogP contribution in [0.5, 0.6) is 0 Å². The van der Waals surface area contributed by atoms with Crippen LogP contribution in [0.3, 0.4) is 0 Å². The number of carbonyl (C=O) groups excluding carboxylic acids is 3.